The summed E-state index contributed by atoms with van der Waals surface area (Å²) in [4.78, 5) is 4.17. The molecular formula is C10H15NO. The van der Waals surface area contributed by atoms with Crippen molar-refractivity contribution in [2.24, 2.45) is 0 Å². The fourth-order valence-electron chi connectivity index (χ4n) is 0.931. The van der Waals surface area contributed by atoms with Crippen molar-refractivity contribution in [3.05, 3.63) is 23.9 Å². The van der Waals surface area contributed by atoms with Crippen LogP contribution in [0.3, 0.4) is 0 Å². The van der Waals surface area contributed by atoms with E-state index in [1.165, 1.54) is 5.56 Å². The first-order chi connectivity index (χ1) is 5.72. The molecule has 0 fully saturated rings. The van der Waals surface area contributed by atoms with Gasteiger partial charge in [0.1, 0.15) is 0 Å². The van der Waals surface area contributed by atoms with Crippen molar-refractivity contribution in [3.8, 4) is 5.88 Å². The molecule has 2 nitrogen and oxygen atoms in total. The van der Waals surface area contributed by atoms with Crippen molar-refractivity contribution in [2.75, 3.05) is 0 Å². The van der Waals surface area contributed by atoms with E-state index in [4.69, 9.17) is 4.74 Å². The number of hydrogen-bond acceptors (Lipinski definition) is 2. The molecule has 2 heteroatoms. The number of hydrogen-bond donors (Lipinski definition) is 0. The second-order valence-electron chi connectivity index (χ2n) is 3.02. The molecule has 1 aromatic heterocycles. The Morgan fingerprint density at radius 1 is 1.42 bits per heavy atom. The van der Waals surface area contributed by atoms with E-state index in [1.54, 1.807) is 0 Å². The van der Waals surface area contributed by atoms with Crippen molar-refractivity contribution >= 4 is 0 Å². The van der Waals surface area contributed by atoms with E-state index in [0.29, 0.717) is 5.88 Å². The second kappa shape index (κ2) is 4.10. The Labute approximate surface area is 73.6 Å². The summed E-state index contributed by atoms with van der Waals surface area (Å²) in [6.45, 7) is 6.10. The van der Waals surface area contributed by atoms with E-state index < -0.39 is 0 Å². The van der Waals surface area contributed by atoms with Gasteiger partial charge in [-0.1, -0.05) is 13.0 Å². The molecule has 0 saturated heterocycles. The SMILES string of the molecule is CCc1ccc(OC(C)C)nc1. The first kappa shape index (κ1) is 9.04. The summed E-state index contributed by atoms with van der Waals surface area (Å²) in [5, 5.41) is 0. The van der Waals surface area contributed by atoms with Gasteiger partial charge in [-0.3, -0.25) is 0 Å². The average Bonchev–Trinajstić information content (AvgIpc) is 2.05. The monoisotopic (exact) mass is 165 g/mol. The Morgan fingerprint density at radius 3 is 2.58 bits per heavy atom. The van der Waals surface area contributed by atoms with Crippen LogP contribution < -0.4 is 4.74 Å². The molecule has 0 aromatic carbocycles. The van der Waals surface area contributed by atoms with E-state index in [-0.39, 0.29) is 6.10 Å². The molecule has 0 aliphatic heterocycles. The zero-order valence-corrected chi connectivity index (χ0v) is 7.87. The van der Waals surface area contributed by atoms with Crippen LogP contribution in [0.2, 0.25) is 0 Å². The summed E-state index contributed by atoms with van der Waals surface area (Å²) >= 11 is 0. The normalized spacial score (nSPS) is 10.3. The highest BCUT2D eigenvalue weighted by atomic mass is 16.5. The summed E-state index contributed by atoms with van der Waals surface area (Å²) < 4.78 is 5.40. The molecule has 12 heavy (non-hydrogen) atoms. The molecule has 66 valence electrons. The molecule has 0 aliphatic rings. The van der Waals surface area contributed by atoms with Gasteiger partial charge in [-0.05, 0) is 25.8 Å². The van der Waals surface area contributed by atoms with Gasteiger partial charge in [-0.15, -0.1) is 0 Å². The predicted octanol–water partition coefficient (Wildman–Crippen LogP) is 2.43. The molecular weight excluding hydrogens is 150 g/mol. The Morgan fingerprint density at radius 2 is 2.17 bits per heavy atom. The Hall–Kier alpha value is -1.05. The molecule has 1 heterocycles. The van der Waals surface area contributed by atoms with Crippen LogP contribution in [0.1, 0.15) is 26.3 Å². The zero-order chi connectivity index (χ0) is 8.97. The minimum Gasteiger partial charge on any atom is -0.475 e. The van der Waals surface area contributed by atoms with Crippen LogP contribution in [-0.4, -0.2) is 11.1 Å². The van der Waals surface area contributed by atoms with Crippen LogP contribution >= 0.6 is 0 Å². The van der Waals surface area contributed by atoms with Crippen molar-refractivity contribution in [2.45, 2.75) is 33.3 Å². The highest BCUT2D eigenvalue weighted by Crippen LogP contribution is 2.09. The van der Waals surface area contributed by atoms with E-state index in [0.717, 1.165) is 6.42 Å². The predicted molar refractivity (Wildman–Crippen MR) is 49.4 cm³/mol. The molecule has 1 rings (SSSR count). The third-order valence-electron chi connectivity index (χ3n) is 1.56. The molecule has 0 amide bonds. The van der Waals surface area contributed by atoms with E-state index in [1.807, 2.05) is 32.2 Å². The zero-order valence-electron chi connectivity index (χ0n) is 7.87. The first-order valence-corrected chi connectivity index (χ1v) is 4.34. The molecule has 0 aliphatic carbocycles. The summed E-state index contributed by atoms with van der Waals surface area (Å²) in [7, 11) is 0. The number of aryl methyl sites for hydroxylation is 1. The lowest BCUT2D eigenvalue weighted by Gasteiger charge is -2.07. The van der Waals surface area contributed by atoms with Gasteiger partial charge < -0.3 is 4.74 Å². The highest BCUT2D eigenvalue weighted by Gasteiger charge is 1.97. The first-order valence-electron chi connectivity index (χ1n) is 4.34. The summed E-state index contributed by atoms with van der Waals surface area (Å²) in [5.41, 5.74) is 1.24. The topological polar surface area (TPSA) is 22.1 Å². The maximum absolute atomic E-state index is 5.40. The van der Waals surface area contributed by atoms with Gasteiger partial charge in [0.15, 0.2) is 0 Å². The maximum atomic E-state index is 5.40. The van der Waals surface area contributed by atoms with Gasteiger partial charge in [0, 0.05) is 12.3 Å². The van der Waals surface area contributed by atoms with Crippen LogP contribution in [0.25, 0.3) is 0 Å². The summed E-state index contributed by atoms with van der Waals surface area (Å²) in [6.07, 6.45) is 3.08. The maximum Gasteiger partial charge on any atom is 0.213 e. The minimum atomic E-state index is 0.199. The molecule has 0 saturated carbocycles. The van der Waals surface area contributed by atoms with Crippen molar-refractivity contribution in [3.63, 3.8) is 0 Å². The minimum absolute atomic E-state index is 0.199. The van der Waals surface area contributed by atoms with Gasteiger partial charge in [0.25, 0.3) is 0 Å². The molecule has 0 radical (unpaired) electrons. The van der Waals surface area contributed by atoms with E-state index in [9.17, 15) is 0 Å². The van der Waals surface area contributed by atoms with Gasteiger partial charge in [-0.2, -0.15) is 0 Å². The number of pyridine rings is 1. The number of rotatable bonds is 3. The van der Waals surface area contributed by atoms with Crippen molar-refractivity contribution < 1.29 is 4.74 Å². The summed E-state index contributed by atoms with van der Waals surface area (Å²) in [6, 6.07) is 3.96. The third-order valence-corrected chi connectivity index (χ3v) is 1.56. The quantitative estimate of drug-likeness (QED) is 0.686. The number of aromatic nitrogens is 1. The van der Waals surface area contributed by atoms with Gasteiger partial charge in [-0.25, -0.2) is 4.98 Å². The van der Waals surface area contributed by atoms with Crippen LogP contribution in [0.4, 0.5) is 0 Å². The molecule has 0 spiro atoms. The fourth-order valence-corrected chi connectivity index (χ4v) is 0.931. The number of nitrogens with zero attached hydrogens (tertiary/aromatic N) is 1. The average molecular weight is 165 g/mol. The van der Waals surface area contributed by atoms with Gasteiger partial charge in [0.05, 0.1) is 6.10 Å². The van der Waals surface area contributed by atoms with Crippen LogP contribution in [-0.2, 0) is 6.42 Å². The van der Waals surface area contributed by atoms with E-state index >= 15 is 0 Å². The third kappa shape index (κ3) is 2.53. The Bertz CT molecular complexity index is 228. The Kier molecular flexibility index (Phi) is 3.09. The molecule has 0 unspecified atom stereocenters. The molecule has 1 aromatic rings. The number of ether oxygens (including phenoxy) is 1. The Balaban J connectivity index is 2.65. The largest absolute Gasteiger partial charge is 0.475 e. The standard InChI is InChI=1S/C10H15NO/c1-4-9-5-6-10(11-7-9)12-8(2)3/h5-8H,4H2,1-3H3. The lowest BCUT2D eigenvalue weighted by molar-refractivity contribution is 0.232. The lowest BCUT2D eigenvalue weighted by Crippen LogP contribution is -2.06. The smallest absolute Gasteiger partial charge is 0.213 e. The van der Waals surface area contributed by atoms with Crippen molar-refractivity contribution in [1.82, 2.24) is 4.98 Å². The summed E-state index contributed by atoms with van der Waals surface area (Å²) in [5.74, 6) is 0.710. The second-order valence-corrected chi connectivity index (χ2v) is 3.02. The van der Waals surface area contributed by atoms with Crippen LogP contribution in [0.15, 0.2) is 18.3 Å². The molecule has 0 bridgehead atoms. The van der Waals surface area contributed by atoms with Crippen LogP contribution in [0.5, 0.6) is 5.88 Å². The fraction of sp³-hybridized carbons (Fsp3) is 0.500. The van der Waals surface area contributed by atoms with Crippen LogP contribution in [0, 0.1) is 0 Å². The van der Waals surface area contributed by atoms with E-state index in [2.05, 4.69) is 11.9 Å². The lowest BCUT2D eigenvalue weighted by atomic mass is 10.2. The molecule has 0 N–H and O–H groups in total. The van der Waals surface area contributed by atoms with Crippen molar-refractivity contribution in [1.29, 1.82) is 0 Å². The molecule has 0 atom stereocenters. The van der Waals surface area contributed by atoms with Gasteiger partial charge in [0.2, 0.25) is 5.88 Å². The highest BCUT2D eigenvalue weighted by molar-refractivity contribution is 5.17. The van der Waals surface area contributed by atoms with Gasteiger partial charge >= 0.3 is 0 Å².